The van der Waals surface area contributed by atoms with Crippen LogP contribution >= 0.6 is 27.3 Å². The second-order valence-electron chi connectivity index (χ2n) is 4.58. The van der Waals surface area contributed by atoms with Crippen molar-refractivity contribution in [1.82, 2.24) is 9.71 Å². The highest BCUT2D eigenvalue weighted by Crippen LogP contribution is 2.19. The van der Waals surface area contributed by atoms with Crippen molar-refractivity contribution in [1.29, 1.82) is 5.26 Å². The third-order valence-corrected chi connectivity index (χ3v) is 5.65. The molecule has 2 aromatic rings. The molecule has 6 nitrogen and oxygen atoms in total. The van der Waals surface area contributed by atoms with Crippen LogP contribution in [0.5, 0.6) is 0 Å². The number of carbonyl (C=O) groups excluding carboxylic acids is 1. The Bertz CT molecular complexity index is 885. The second kappa shape index (κ2) is 7.21. The molecule has 1 heterocycles. The molecule has 1 aromatic heterocycles. The third-order valence-electron chi connectivity index (χ3n) is 2.80. The number of thiazole rings is 1. The predicted molar refractivity (Wildman–Crippen MR) is 89.4 cm³/mol. The first-order valence-corrected chi connectivity index (χ1v) is 9.69. The minimum Gasteiger partial charge on any atom is -0.274 e. The van der Waals surface area contributed by atoms with Crippen LogP contribution in [0, 0.1) is 11.3 Å². The maximum absolute atomic E-state index is 12.2. The summed E-state index contributed by atoms with van der Waals surface area (Å²) in [6.07, 6.45) is 0.647. The number of aryl methyl sites for hydroxylation is 1. The highest BCUT2D eigenvalue weighted by molar-refractivity contribution is 9.10. The largest absolute Gasteiger partial charge is 0.274 e. The molecule has 1 amide bonds. The number of carbonyl (C=O) groups is 1. The van der Waals surface area contributed by atoms with Crippen molar-refractivity contribution in [2.24, 2.45) is 0 Å². The Morgan fingerprint density at radius 3 is 2.78 bits per heavy atom. The van der Waals surface area contributed by atoms with Gasteiger partial charge in [-0.25, -0.2) is 18.1 Å². The van der Waals surface area contributed by atoms with Crippen molar-refractivity contribution in [3.63, 3.8) is 0 Å². The lowest BCUT2D eigenvalue weighted by atomic mass is 10.2. The van der Waals surface area contributed by atoms with Crippen LogP contribution in [-0.4, -0.2) is 19.3 Å². The Morgan fingerprint density at radius 1 is 1.43 bits per heavy atom. The van der Waals surface area contributed by atoms with E-state index in [1.165, 1.54) is 29.5 Å². The van der Waals surface area contributed by atoms with Crippen LogP contribution in [0.25, 0.3) is 0 Å². The molecular formula is C14H12BrN3O3S2. The second-order valence-corrected chi connectivity index (χ2v) is 8.12. The summed E-state index contributed by atoms with van der Waals surface area (Å²) in [5.41, 5.74) is 0.714. The van der Waals surface area contributed by atoms with Crippen molar-refractivity contribution in [2.45, 2.75) is 24.7 Å². The van der Waals surface area contributed by atoms with E-state index in [9.17, 15) is 13.2 Å². The van der Waals surface area contributed by atoms with Crippen LogP contribution in [0.15, 0.2) is 32.9 Å². The van der Waals surface area contributed by atoms with Gasteiger partial charge in [-0.2, -0.15) is 5.26 Å². The van der Waals surface area contributed by atoms with Gasteiger partial charge < -0.3 is 0 Å². The molecular weight excluding hydrogens is 402 g/mol. The van der Waals surface area contributed by atoms with Gasteiger partial charge in [0.15, 0.2) is 0 Å². The predicted octanol–water partition coefficient (Wildman–Crippen LogP) is 2.39. The Morgan fingerprint density at radius 2 is 2.17 bits per heavy atom. The molecule has 0 saturated carbocycles. The summed E-state index contributed by atoms with van der Waals surface area (Å²) < 4.78 is 26.9. The van der Waals surface area contributed by atoms with Crippen LogP contribution in [-0.2, 0) is 27.7 Å². The summed E-state index contributed by atoms with van der Waals surface area (Å²) in [7, 11) is -4.04. The summed E-state index contributed by atoms with van der Waals surface area (Å²) in [5.74, 6) is -0.670. The number of rotatable bonds is 5. The van der Waals surface area contributed by atoms with Crippen molar-refractivity contribution in [3.05, 3.63) is 44.3 Å². The standard InChI is InChI=1S/C14H12BrN3O3S2/c1-2-14-17-11(8-22-14)6-13(19)18-23(20,21)12-4-9(7-16)3-10(15)5-12/h3-5,8H,2,6H2,1H3,(H,18,19). The van der Waals surface area contributed by atoms with E-state index in [1.54, 1.807) is 5.38 Å². The molecule has 120 valence electrons. The third kappa shape index (κ3) is 4.60. The Labute approximate surface area is 146 Å². The van der Waals surface area contributed by atoms with E-state index in [2.05, 4.69) is 20.9 Å². The molecule has 1 aromatic carbocycles. The van der Waals surface area contributed by atoms with Gasteiger partial charge in [-0.05, 0) is 24.6 Å². The zero-order chi connectivity index (χ0) is 17.0. The van der Waals surface area contributed by atoms with Gasteiger partial charge in [0.25, 0.3) is 10.0 Å². The van der Waals surface area contributed by atoms with Crippen LogP contribution < -0.4 is 4.72 Å². The molecule has 9 heteroatoms. The highest BCUT2D eigenvalue weighted by atomic mass is 79.9. The minimum atomic E-state index is -4.04. The van der Waals surface area contributed by atoms with Gasteiger partial charge in [0.05, 0.1) is 33.7 Å². The average molecular weight is 414 g/mol. The summed E-state index contributed by atoms with van der Waals surface area (Å²) >= 11 is 4.57. The molecule has 23 heavy (non-hydrogen) atoms. The zero-order valence-electron chi connectivity index (χ0n) is 12.0. The normalized spacial score (nSPS) is 11.0. The molecule has 2 rings (SSSR count). The summed E-state index contributed by atoms with van der Waals surface area (Å²) in [6, 6.07) is 5.89. The first-order valence-electron chi connectivity index (χ1n) is 6.53. The van der Waals surface area contributed by atoms with Gasteiger partial charge in [0.2, 0.25) is 5.91 Å². The molecule has 0 radical (unpaired) electrons. The number of hydrogen-bond donors (Lipinski definition) is 1. The quantitative estimate of drug-likeness (QED) is 0.810. The van der Waals surface area contributed by atoms with E-state index < -0.39 is 15.9 Å². The SMILES string of the molecule is CCc1nc(CC(=O)NS(=O)(=O)c2cc(Br)cc(C#N)c2)cs1. The number of sulfonamides is 1. The van der Waals surface area contributed by atoms with Crippen molar-refractivity contribution in [2.75, 3.05) is 0 Å². The molecule has 0 aliphatic heterocycles. The number of nitriles is 1. The van der Waals surface area contributed by atoms with Gasteiger partial charge in [0, 0.05) is 9.85 Å². The molecule has 0 bridgehead atoms. The maximum Gasteiger partial charge on any atom is 0.264 e. The lowest BCUT2D eigenvalue weighted by Crippen LogP contribution is -2.32. The first-order chi connectivity index (χ1) is 10.8. The van der Waals surface area contributed by atoms with Crippen LogP contribution in [0.4, 0.5) is 0 Å². The van der Waals surface area contributed by atoms with Crippen LogP contribution in [0.3, 0.4) is 0 Å². The molecule has 0 aliphatic rings. The number of nitrogens with zero attached hydrogens (tertiary/aromatic N) is 2. The molecule has 0 aliphatic carbocycles. The fourth-order valence-electron chi connectivity index (χ4n) is 1.78. The Balaban J connectivity index is 2.16. The lowest BCUT2D eigenvalue weighted by Gasteiger charge is -2.07. The van der Waals surface area contributed by atoms with Gasteiger partial charge in [-0.15, -0.1) is 11.3 Å². The number of amides is 1. The molecule has 0 unspecified atom stereocenters. The van der Waals surface area contributed by atoms with E-state index in [4.69, 9.17) is 5.26 Å². The molecule has 0 fully saturated rings. The van der Waals surface area contributed by atoms with E-state index in [0.29, 0.717) is 10.2 Å². The van der Waals surface area contributed by atoms with Crippen LogP contribution in [0.1, 0.15) is 23.2 Å². The van der Waals surface area contributed by atoms with E-state index in [1.807, 2.05) is 17.7 Å². The molecule has 0 atom stereocenters. The average Bonchev–Trinajstić information content (AvgIpc) is 2.93. The number of halogens is 1. The number of aromatic nitrogens is 1. The smallest absolute Gasteiger partial charge is 0.264 e. The van der Waals surface area contributed by atoms with Crippen LogP contribution in [0.2, 0.25) is 0 Å². The zero-order valence-corrected chi connectivity index (χ0v) is 15.3. The van der Waals surface area contributed by atoms with Gasteiger partial charge in [-0.1, -0.05) is 22.9 Å². The van der Waals surface area contributed by atoms with Crippen molar-refractivity contribution >= 4 is 43.2 Å². The first kappa shape index (κ1) is 17.6. The monoisotopic (exact) mass is 413 g/mol. The lowest BCUT2D eigenvalue weighted by molar-refractivity contribution is -0.118. The summed E-state index contributed by atoms with van der Waals surface area (Å²) in [4.78, 5) is 16.0. The number of nitrogens with one attached hydrogen (secondary N) is 1. The fourth-order valence-corrected chi connectivity index (χ4v) is 4.23. The Hall–Kier alpha value is -1.76. The van der Waals surface area contributed by atoms with Gasteiger partial charge >= 0.3 is 0 Å². The van der Waals surface area contributed by atoms with E-state index in [0.717, 1.165) is 11.4 Å². The number of hydrogen-bond acceptors (Lipinski definition) is 6. The minimum absolute atomic E-state index is 0.116. The van der Waals surface area contributed by atoms with Gasteiger partial charge in [0.1, 0.15) is 0 Å². The summed E-state index contributed by atoms with van der Waals surface area (Å²) in [6.45, 7) is 1.95. The van der Waals surface area contributed by atoms with Crippen molar-refractivity contribution < 1.29 is 13.2 Å². The van der Waals surface area contributed by atoms with Crippen molar-refractivity contribution in [3.8, 4) is 6.07 Å². The molecule has 0 spiro atoms. The highest BCUT2D eigenvalue weighted by Gasteiger charge is 2.19. The molecule has 0 saturated heterocycles. The Kier molecular flexibility index (Phi) is 5.51. The topological polar surface area (TPSA) is 99.9 Å². The fraction of sp³-hybridized carbons (Fsp3) is 0.214. The van der Waals surface area contributed by atoms with E-state index in [-0.39, 0.29) is 16.9 Å². The van der Waals surface area contributed by atoms with Gasteiger partial charge in [-0.3, -0.25) is 4.79 Å². The molecule has 1 N–H and O–H groups in total. The van der Waals surface area contributed by atoms with E-state index >= 15 is 0 Å². The maximum atomic E-state index is 12.2. The summed E-state index contributed by atoms with van der Waals surface area (Å²) in [5, 5.41) is 11.5. The number of benzene rings is 1.